The van der Waals surface area contributed by atoms with Gasteiger partial charge >= 0.3 is 5.97 Å². The number of ether oxygens (including phenoxy) is 3. The number of hydrogen-bond donors (Lipinski definition) is 1. The van der Waals surface area contributed by atoms with Gasteiger partial charge in [-0.05, 0) is 54.2 Å². The third-order valence-corrected chi connectivity index (χ3v) is 12.4. The van der Waals surface area contributed by atoms with E-state index in [4.69, 9.17) is 30.2 Å². The van der Waals surface area contributed by atoms with E-state index in [2.05, 4.69) is 38.9 Å². The van der Waals surface area contributed by atoms with Crippen LogP contribution in [0.25, 0.3) is 5.76 Å². The van der Waals surface area contributed by atoms with Gasteiger partial charge in [0.1, 0.15) is 28.6 Å². The van der Waals surface area contributed by atoms with Gasteiger partial charge in [0.25, 0.3) is 0 Å². The Bertz CT molecular complexity index is 1300. The van der Waals surface area contributed by atoms with Gasteiger partial charge in [-0.15, -0.1) is 0 Å². The first-order valence-corrected chi connectivity index (χ1v) is 17.3. The van der Waals surface area contributed by atoms with E-state index in [1.54, 1.807) is 31.2 Å². The minimum absolute atomic E-state index is 0.000921. The molecule has 0 aliphatic rings. The number of methoxy groups -OCH3 is 2. The maximum Gasteiger partial charge on any atom is 0.343 e. The van der Waals surface area contributed by atoms with Crippen LogP contribution in [0.1, 0.15) is 58.2 Å². The number of benzene rings is 2. The molecule has 232 valence electrons. The second-order valence-corrected chi connectivity index (χ2v) is 17.1. The molecular weight excluding hydrogens is 577 g/mol. The number of hydrogen-bond acceptors (Lipinski definition) is 7. The average Bonchev–Trinajstić information content (AvgIpc) is 2.91. The Morgan fingerprint density at radius 2 is 1.76 bits per heavy atom. The van der Waals surface area contributed by atoms with Crippen LogP contribution in [-0.4, -0.2) is 59.1 Å². The molecule has 10 heteroatoms. The summed E-state index contributed by atoms with van der Waals surface area (Å²) in [7, 11) is 0.883. The molecule has 0 saturated heterocycles. The fraction of sp³-hybridized carbons (Fsp3) is 0.500. The molecule has 0 amide bonds. The highest BCUT2D eigenvalue weighted by atomic mass is 35.5. The Labute approximate surface area is 255 Å². The highest BCUT2D eigenvalue weighted by Gasteiger charge is 2.37. The quantitative estimate of drug-likeness (QED) is 0.0801. The van der Waals surface area contributed by atoms with E-state index in [1.807, 2.05) is 13.8 Å². The fourth-order valence-electron chi connectivity index (χ4n) is 3.83. The lowest BCUT2D eigenvalue weighted by Gasteiger charge is -2.37. The standard InChI is InChI=1S/C32H45ClFNO6Si/c1-11-40-31(37)24(18-35-26(20(2)3)19-41-42(9,10)32(4,5)6)30(36)23-16-22(27(38-7)17-28(23)39-8)15-21-13-12-14-25(33)29(21)34/h12-14,16-18,20,26,36H,11,15,19H2,1-10H3/t26-/m1/s1. The van der Waals surface area contributed by atoms with Crippen LogP contribution in [0.3, 0.4) is 0 Å². The highest BCUT2D eigenvalue weighted by Crippen LogP contribution is 2.37. The molecule has 0 bridgehead atoms. The monoisotopic (exact) mass is 621 g/mol. The smallest absolute Gasteiger partial charge is 0.343 e. The second kappa shape index (κ2) is 15.0. The van der Waals surface area contributed by atoms with Gasteiger partial charge in [-0.2, -0.15) is 0 Å². The zero-order chi connectivity index (χ0) is 31.8. The summed E-state index contributed by atoms with van der Waals surface area (Å²) in [5, 5.41) is 11.5. The van der Waals surface area contributed by atoms with Gasteiger partial charge in [-0.25, -0.2) is 9.18 Å². The first-order valence-electron chi connectivity index (χ1n) is 14.0. The van der Waals surface area contributed by atoms with Crippen molar-refractivity contribution >= 4 is 37.9 Å². The van der Waals surface area contributed by atoms with Crippen LogP contribution < -0.4 is 9.47 Å². The third-order valence-electron chi connectivity index (χ3n) is 7.61. The van der Waals surface area contributed by atoms with E-state index in [9.17, 15) is 14.3 Å². The molecule has 0 spiro atoms. The molecule has 2 aromatic carbocycles. The lowest BCUT2D eigenvalue weighted by molar-refractivity contribution is -0.137. The van der Waals surface area contributed by atoms with Crippen LogP contribution in [-0.2, 0) is 20.4 Å². The van der Waals surface area contributed by atoms with Crippen molar-refractivity contribution in [2.75, 3.05) is 27.4 Å². The van der Waals surface area contributed by atoms with Crippen LogP contribution in [0.15, 0.2) is 40.9 Å². The van der Waals surface area contributed by atoms with Gasteiger partial charge in [0.15, 0.2) is 8.32 Å². The van der Waals surface area contributed by atoms with Gasteiger partial charge in [0, 0.05) is 18.7 Å². The predicted octanol–water partition coefficient (Wildman–Crippen LogP) is 8.04. The molecule has 0 aliphatic heterocycles. The molecule has 0 radical (unpaired) electrons. The number of nitrogens with zero attached hydrogens (tertiary/aromatic N) is 1. The summed E-state index contributed by atoms with van der Waals surface area (Å²) in [6, 6.07) is 7.65. The molecule has 2 aromatic rings. The van der Waals surface area contributed by atoms with E-state index in [-0.39, 0.29) is 51.9 Å². The van der Waals surface area contributed by atoms with Crippen molar-refractivity contribution in [3.8, 4) is 11.5 Å². The molecule has 1 atom stereocenters. The van der Waals surface area contributed by atoms with Crippen molar-refractivity contribution in [1.29, 1.82) is 0 Å². The van der Waals surface area contributed by atoms with Crippen LogP contribution >= 0.6 is 11.6 Å². The van der Waals surface area contributed by atoms with E-state index in [0.29, 0.717) is 23.5 Å². The first-order chi connectivity index (χ1) is 19.6. The Morgan fingerprint density at radius 3 is 2.31 bits per heavy atom. The molecular formula is C32H45ClFNO6Si. The number of carbonyl (C=O) groups excluding carboxylic acids is 1. The van der Waals surface area contributed by atoms with Crippen molar-refractivity contribution in [2.24, 2.45) is 10.9 Å². The summed E-state index contributed by atoms with van der Waals surface area (Å²) in [6.45, 7) is 17.1. The van der Waals surface area contributed by atoms with E-state index in [0.717, 1.165) is 0 Å². The molecule has 42 heavy (non-hydrogen) atoms. The maximum atomic E-state index is 14.7. The molecule has 1 N–H and O–H groups in total. The van der Waals surface area contributed by atoms with Gasteiger partial charge in [0.2, 0.25) is 0 Å². The van der Waals surface area contributed by atoms with Crippen molar-refractivity contribution in [2.45, 2.75) is 72.1 Å². The van der Waals surface area contributed by atoms with Crippen LogP contribution in [0.4, 0.5) is 4.39 Å². The zero-order valence-corrected chi connectivity index (χ0v) is 28.2. The van der Waals surface area contributed by atoms with Crippen molar-refractivity contribution in [1.82, 2.24) is 0 Å². The summed E-state index contributed by atoms with van der Waals surface area (Å²) in [6.07, 6.45) is 1.45. The Hall–Kier alpha value is -2.88. The Kier molecular flexibility index (Phi) is 12.6. The van der Waals surface area contributed by atoms with Gasteiger partial charge < -0.3 is 23.7 Å². The Balaban J connectivity index is 2.63. The van der Waals surface area contributed by atoms with E-state index < -0.39 is 25.9 Å². The molecule has 0 heterocycles. The third kappa shape index (κ3) is 8.81. The molecule has 0 saturated carbocycles. The van der Waals surface area contributed by atoms with Crippen molar-refractivity contribution < 1.29 is 32.9 Å². The summed E-state index contributed by atoms with van der Waals surface area (Å²) >= 11 is 5.99. The van der Waals surface area contributed by atoms with E-state index in [1.165, 1.54) is 26.5 Å². The predicted molar refractivity (Wildman–Crippen MR) is 170 cm³/mol. The summed E-state index contributed by atoms with van der Waals surface area (Å²) in [4.78, 5) is 17.8. The van der Waals surface area contributed by atoms with Crippen molar-refractivity contribution in [3.05, 3.63) is 63.4 Å². The number of aliphatic hydroxyl groups excluding tert-OH is 1. The molecule has 0 unspecified atom stereocenters. The largest absolute Gasteiger partial charge is 0.506 e. The number of esters is 1. The first kappa shape index (κ1) is 35.3. The molecule has 0 fully saturated rings. The number of halogens is 2. The minimum Gasteiger partial charge on any atom is -0.506 e. The normalized spacial score (nSPS) is 13.7. The lowest BCUT2D eigenvalue weighted by atomic mass is 9.98. The maximum absolute atomic E-state index is 14.7. The van der Waals surface area contributed by atoms with Gasteiger partial charge in [-0.1, -0.05) is 58.4 Å². The molecule has 0 aliphatic carbocycles. The fourth-order valence-corrected chi connectivity index (χ4v) is 5.05. The van der Waals surface area contributed by atoms with E-state index >= 15 is 0 Å². The number of carbonyl (C=O) groups is 1. The lowest BCUT2D eigenvalue weighted by Crippen LogP contribution is -2.43. The second-order valence-electron chi connectivity index (χ2n) is 11.9. The number of aliphatic imine (C=N–C) groups is 1. The number of rotatable bonds is 13. The SMILES string of the molecule is CCOC(=O)C(C=N[C@H](CO[Si](C)(C)C(C)(C)C)C(C)C)=C(O)c1cc(Cc2cccc(Cl)c2F)c(OC)cc1OC. The topological polar surface area (TPSA) is 86.6 Å². The van der Waals surface area contributed by atoms with Crippen LogP contribution in [0, 0.1) is 11.7 Å². The Morgan fingerprint density at radius 1 is 1.12 bits per heavy atom. The average molecular weight is 622 g/mol. The summed E-state index contributed by atoms with van der Waals surface area (Å²) < 4.78 is 37.5. The highest BCUT2D eigenvalue weighted by molar-refractivity contribution is 6.74. The van der Waals surface area contributed by atoms with Crippen LogP contribution in [0.5, 0.6) is 11.5 Å². The van der Waals surface area contributed by atoms with Crippen LogP contribution in [0.2, 0.25) is 23.2 Å². The molecule has 0 aromatic heterocycles. The van der Waals surface area contributed by atoms with Gasteiger partial charge in [-0.3, -0.25) is 4.99 Å². The summed E-state index contributed by atoms with van der Waals surface area (Å²) in [5.74, 6) is -0.916. The van der Waals surface area contributed by atoms with Crippen molar-refractivity contribution in [3.63, 3.8) is 0 Å². The van der Waals surface area contributed by atoms with Gasteiger partial charge in [0.05, 0.1) is 44.1 Å². The molecule has 2 rings (SSSR count). The molecule has 7 nitrogen and oxygen atoms in total. The number of aliphatic hydroxyl groups is 1. The minimum atomic E-state index is -2.04. The zero-order valence-electron chi connectivity index (χ0n) is 26.4. The summed E-state index contributed by atoms with van der Waals surface area (Å²) in [5.41, 5.74) is 0.945.